The van der Waals surface area contributed by atoms with Crippen molar-refractivity contribution in [3.05, 3.63) is 24.4 Å². The zero-order valence-electron chi connectivity index (χ0n) is 8.64. The summed E-state index contributed by atoms with van der Waals surface area (Å²) in [6, 6.07) is 2.18. The molecule has 0 saturated heterocycles. The third-order valence-electron chi connectivity index (χ3n) is 2.16. The van der Waals surface area contributed by atoms with Crippen LogP contribution in [-0.4, -0.2) is 14.8 Å². The van der Waals surface area contributed by atoms with Crippen molar-refractivity contribution in [2.45, 2.75) is 25.8 Å². The second-order valence-electron chi connectivity index (χ2n) is 3.52. The first-order chi connectivity index (χ1) is 7.24. The topological polar surface area (TPSA) is 43.9 Å². The third kappa shape index (κ3) is 1.77. The molecule has 0 aliphatic rings. The van der Waals surface area contributed by atoms with Crippen molar-refractivity contribution in [2.24, 2.45) is 0 Å². The summed E-state index contributed by atoms with van der Waals surface area (Å²) in [6.45, 7) is 4.13. The van der Waals surface area contributed by atoms with Crippen LogP contribution >= 0.6 is 11.6 Å². The van der Waals surface area contributed by atoms with Crippen LogP contribution in [0.3, 0.4) is 0 Å². The minimum atomic E-state index is 0.281. The maximum Gasteiger partial charge on any atom is 0.181 e. The van der Waals surface area contributed by atoms with Gasteiger partial charge in [-0.05, 0) is 19.9 Å². The van der Waals surface area contributed by atoms with Crippen molar-refractivity contribution < 1.29 is 4.42 Å². The highest BCUT2D eigenvalue weighted by Crippen LogP contribution is 2.25. The first kappa shape index (κ1) is 10.2. The van der Waals surface area contributed by atoms with E-state index in [-0.39, 0.29) is 6.04 Å². The molecule has 2 heterocycles. The Bertz CT molecular complexity index is 447. The largest absolute Gasteiger partial charge is 0.442 e. The molecule has 0 amide bonds. The normalized spacial score (nSPS) is 11.2. The molecule has 0 spiro atoms. The Kier molecular flexibility index (Phi) is 2.77. The van der Waals surface area contributed by atoms with Gasteiger partial charge in [0.05, 0.1) is 5.88 Å². The van der Waals surface area contributed by atoms with E-state index in [4.69, 9.17) is 16.0 Å². The quantitative estimate of drug-likeness (QED) is 0.755. The van der Waals surface area contributed by atoms with Crippen LogP contribution in [0.5, 0.6) is 0 Å². The second kappa shape index (κ2) is 4.06. The highest BCUT2D eigenvalue weighted by Gasteiger charge is 2.15. The molecular formula is C10H12ClN3O. The summed E-state index contributed by atoms with van der Waals surface area (Å²) in [5.41, 5.74) is 1.66. The van der Waals surface area contributed by atoms with E-state index in [2.05, 4.69) is 23.9 Å². The van der Waals surface area contributed by atoms with Crippen LogP contribution in [0.4, 0.5) is 0 Å². The lowest BCUT2D eigenvalue weighted by molar-refractivity contribution is 0.515. The number of alkyl halides is 1. The van der Waals surface area contributed by atoms with Crippen molar-refractivity contribution >= 4 is 11.6 Å². The van der Waals surface area contributed by atoms with Gasteiger partial charge in [-0.25, -0.2) is 4.98 Å². The van der Waals surface area contributed by atoms with Crippen molar-refractivity contribution in [1.29, 1.82) is 0 Å². The van der Waals surface area contributed by atoms with Crippen LogP contribution in [0, 0.1) is 0 Å². The average molecular weight is 226 g/mol. The van der Waals surface area contributed by atoms with Gasteiger partial charge in [-0.1, -0.05) is 0 Å². The summed E-state index contributed by atoms with van der Waals surface area (Å²) >= 11 is 5.77. The van der Waals surface area contributed by atoms with Crippen LogP contribution in [0.2, 0.25) is 0 Å². The predicted octanol–water partition coefficient (Wildman–Crippen LogP) is 2.86. The summed E-state index contributed by atoms with van der Waals surface area (Å²) in [5.74, 6) is 1.05. The minimum Gasteiger partial charge on any atom is -0.442 e. The Labute approximate surface area is 92.9 Å². The Hall–Kier alpha value is -1.29. The van der Waals surface area contributed by atoms with E-state index >= 15 is 0 Å². The van der Waals surface area contributed by atoms with Gasteiger partial charge in [0.25, 0.3) is 0 Å². The zero-order valence-corrected chi connectivity index (χ0v) is 9.40. The van der Waals surface area contributed by atoms with E-state index in [9.17, 15) is 0 Å². The van der Waals surface area contributed by atoms with Gasteiger partial charge in [0.1, 0.15) is 11.4 Å². The highest BCUT2D eigenvalue weighted by atomic mass is 35.5. The monoisotopic (exact) mass is 225 g/mol. The van der Waals surface area contributed by atoms with E-state index in [1.807, 2.05) is 10.7 Å². The minimum absolute atomic E-state index is 0.281. The molecule has 5 heteroatoms. The lowest BCUT2D eigenvalue weighted by Crippen LogP contribution is -2.04. The van der Waals surface area contributed by atoms with Gasteiger partial charge in [-0.2, -0.15) is 5.10 Å². The standard InChI is InChI=1S/C10H12ClN3O/c1-7(2)14-9(3-4-13-14)10-8(5-11)12-6-15-10/h3-4,6-7H,5H2,1-2H3. The fourth-order valence-corrected chi connectivity index (χ4v) is 1.67. The van der Waals surface area contributed by atoms with Crippen molar-refractivity contribution in [2.75, 3.05) is 0 Å². The molecule has 0 aromatic carbocycles. The van der Waals surface area contributed by atoms with E-state index in [0.29, 0.717) is 11.6 Å². The molecule has 80 valence electrons. The van der Waals surface area contributed by atoms with Crippen LogP contribution in [0.1, 0.15) is 25.6 Å². The van der Waals surface area contributed by atoms with E-state index < -0.39 is 0 Å². The fourth-order valence-electron chi connectivity index (χ4n) is 1.48. The molecule has 0 fully saturated rings. The molecule has 0 radical (unpaired) electrons. The predicted molar refractivity (Wildman–Crippen MR) is 57.7 cm³/mol. The van der Waals surface area contributed by atoms with Crippen LogP contribution < -0.4 is 0 Å². The molecule has 0 atom stereocenters. The maximum absolute atomic E-state index is 5.77. The highest BCUT2D eigenvalue weighted by molar-refractivity contribution is 6.17. The SMILES string of the molecule is CC(C)n1nccc1-c1ocnc1CCl. The number of halogens is 1. The number of rotatable bonds is 3. The smallest absolute Gasteiger partial charge is 0.181 e. The second-order valence-corrected chi connectivity index (χ2v) is 3.78. The van der Waals surface area contributed by atoms with Gasteiger partial charge in [0, 0.05) is 12.2 Å². The average Bonchev–Trinajstić information content (AvgIpc) is 2.85. The lowest BCUT2D eigenvalue weighted by Gasteiger charge is -2.09. The third-order valence-corrected chi connectivity index (χ3v) is 2.41. The van der Waals surface area contributed by atoms with Gasteiger partial charge < -0.3 is 4.42 Å². The molecule has 2 aromatic heterocycles. The molecule has 4 nitrogen and oxygen atoms in total. The number of nitrogens with zero attached hydrogens (tertiary/aromatic N) is 3. The van der Waals surface area contributed by atoms with Gasteiger partial charge in [0.15, 0.2) is 12.2 Å². The Morgan fingerprint density at radius 2 is 2.33 bits per heavy atom. The summed E-state index contributed by atoms with van der Waals surface area (Å²) in [6.07, 6.45) is 3.15. The van der Waals surface area contributed by atoms with E-state index in [1.54, 1.807) is 6.20 Å². The van der Waals surface area contributed by atoms with Crippen molar-refractivity contribution in [3.8, 4) is 11.5 Å². The number of aromatic nitrogens is 3. The lowest BCUT2D eigenvalue weighted by atomic mass is 10.2. The Morgan fingerprint density at radius 3 is 3.00 bits per heavy atom. The van der Waals surface area contributed by atoms with Gasteiger partial charge >= 0.3 is 0 Å². The van der Waals surface area contributed by atoms with E-state index in [0.717, 1.165) is 11.4 Å². The summed E-state index contributed by atoms with van der Waals surface area (Å²) < 4.78 is 7.22. The Balaban J connectivity index is 2.49. The van der Waals surface area contributed by atoms with Crippen LogP contribution in [-0.2, 0) is 5.88 Å². The van der Waals surface area contributed by atoms with Crippen LogP contribution in [0.25, 0.3) is 11.5 Å². The molecule has 0 aliphatic carbocycles. The molecule has 0 N–H and O–H groups in total. The molecule has 0 bridgehead atoms. The summed E-state index contributed by atoms with van der Waals surface area (Å²) in [5, 5.41) is 4.23. The molecule has 2 rings (SSSR count). The molecule has 0 saturated carbocycles. The molecule has 2 aromatic rings. The maximum atomic E-state index is 5.77. The Morgan fingerprint density at radius 1 is 1.53 bits per heavy atom. The van der Waals surface area contributed by atoms with Crippen molar-refractivity contribution in [3.63, 3.8) is 0 Å². The van der Waals surface area contributed by atoms with Gasteiger partial charge in [-0.15, -0.1) is 11.6 Å². The molecule has 0 aliphatic heterocycles. The first-order valence-electron chi connectivity index (χ1n) is 4.76. The number of hydrogen-bond acceptors (Lipinski definition) is 3. The first-order valence-corrected chi connectivity index (χ1v) is 5.29. The van der Waals surface area contributed by atoms with Crippen LogP contribution in [0.15, 0.2) is 23.1 Å². The van der Waals surface area contributed by atoms with Gasteiger partial charge in [0.2, 0.25) is 0 Å². The fraction of sp³-hybridized carbons (Fsp3) is 0.400. The van der Waals surface area contributed by atoms with Gasteiger partial charge in [-0.3, -0.25) is 4.68 Å². The molecule has 15 heavy (non-hydrogen) atoms. The summed E-state index contributed by atoms with van der Waals surface area (Å²) in [4.78, 5) is 4.05. The number of oxazole rings is 1. The molecule has 0 unspecified atom stereocenters. The number of hydrogen-bond donors (Lipinski definition) is 0. The molecular weight excluding hydrogens is 214 g/mol. The zero-order chi connectivity index (χ0) is 10.8. The van der Waals surface area contributed by atoms with E-state index in [1.165, 1.54) is 6.39 Å². The summed E-state index contributed by atoms with van der Waals surface area (Å²) in [7, 11) is 0. The van der Waals surface area contributed by atoms with Crippen molar-refractivity contribution in [1.82, 2.24) is 14.8 Å².